The van der Waals surface area contributed by atoms with Crippen LogP contribution in [0.1, 0.15) is 61.7 Å². The predicted molar refractivity (Wildman–Crippen MR) is 116 cm³/mol. The molecule has 4 rings (SSSR count). The molecule has 1 N–H and O–H groups in total. The third kappa shape index (κ3) is 4.81. The van der Waals surface area contributed by atoms with Crippen molar-refractivity contribution in [2.75, 3.05) is 19.6 Å². The summed E-state index contributed by atoms with van der Waals surface area (Å²) in [7, 11) is 0. The van der Waals surface area contributed by atoms with Gasteiger partial charge in [0.05, 0.1) is 12.1 Å². The van der Waals surface area contributed by atoms with Crippen molar-refractivity contribution < 1.29 is 9.59 Å². The molecule has 3 heterocycles. The zero-order chi connectivity index (χ0) is 20.8. The van der Waals surface area contributed by atoms with Crippen LogP contribution in [-0.4, -0.2) is 46.4 Å². The van der Waals surface area contributed by atoms with Gasteiger partial charge in [-0.1, -0.05) is 43.2 Å². The highest BCUT2D eigenvalue weighted by atomic mass is 16.2. The average molecular weight is 407 g/mol. The third-order valence-electron chi connectivity index (χ3n) is 6.18. The molecule has 2 atom stereocenters. The van der Waals surface area contributed by atoms with E-state index < -0.39 is 0 Å². The minimum Gasteiger partial charge on any atom is -0.340 e. The second kappa shape index (κ2) is 9.74. The summed E-state index contributed by atoms with van der Waals surface area (Å²) in [6, 6.07) is 13.8. The van der Waals surface area contributed by atoms with Crippen molar-refractivity contribution in [2.24, 2.45) is 0 Å². The Morgan fingerprint density at radius 1 is 1.03 bits per heavy atom. The number of hydrogen-bond acceptors (Lipinski definition) is 3. The topological polar surface area (TPSA) is 65.5 Å². The number of amides is 3. The summed E-state index contributed by atoms with van der Waals surface area (Å²) in [5.41, 5.74) is 2.16. The Bertz CT molecular complexity index is 843. The van der Waals surface area contributed by atoms with Gasteiger partial charge in [0.25, 0.3) is 0 Å². The van der Waals surface area contributed by atoms with E-state index in [9.17, 15) is 9.59 Å². The Hall–Kier alpha value is -2.89. The Labute approximate surface area is 178 Å². The molecule has 2 saturated heterocycles. The van der Waals surface area contributed by atoms with Gasteiger partial charge in [-0.3, -0.25) is 9.78 Å². The average Bonchev–Trinajstić information content (AvgIpc) is 3.03. The second-order valence-electron chi connectivity index (χ2n) is 8.20. The maximum absolute atomic E-state index is 13.5. The number of likely N-dealkylation sites (tertiary alicyclic amines) is 2. The Kier molecular flexibility index (Phi) is 6.62. The SMILES string of the molecule is O=C1CCCN1CC(NC(=O)N1CCCCCC1c1ccncc1)c1ccccc1. The zero-order valence-corrected chi connectivity index (χ0v) is 17.4. The number of urea groups is 1. The molecule has 0 radical (unpaired) electrons. The lowest BCUT2D eigenvalue weighted by Gasteiger charge is -2.33. The van der Waals surface area contributed by atoms with Crippen LogP contribution in [0.3, 0.4) is 0 Å². The van der Waals surface area contributed by atoms with Gasteiger partial charge >= 0.3 is 6.03 Å². The predicted octanol–water partition coefficient (Wildman–Crippen LogP) is 4.07. The van der Waals surface area contributed by atoms with Crippen LogP contribution in [0.25, 0.3) is 0 Å². The van der Waals surface area contributed by atoms with Crippen molar-refractivity contribution in [3.63, 3.8) is 0 Å². The highest BCUT2D eigenvalue weighted by Gasteiger charge is 2.30. The molecule has 2 aliphatic rings. The second-order valence-corrected chi connectivity index (χ2v) is 8.20. The van der Waals surface area contributed by atoms with Crippen molar-refractivity contribution in [2.45, 2.75) is 50.6 Å². The number of carbonyl (C=O) groups is 2. The molecular weight excluding hydrogens is 376 g/mol. The van der Waals surface area contributed by atoms with E-state index in [1.165, 1.54) is 0 Å². The molecule has 158 valence electrons. The first-order valence-corrected chi connectivity index (χ1v) is 11.0. The van der Waals surface area contributed by atoms with Gasteiger partial charge in [0.15, 0.2) is 0 Å². The molecule has 2 fully saturated rings. The smallest absolute Gasteiger partial charge is 0.318 e. The summed E-state index contributed by atoms with van der Waals surface area (Å²) < 4.78 is 0. The zero-order valence-electron chi connectivity index (χ0n) is 17.4. The lowest BCUT2D eigenvalue weighted by Crippen LogP contribution is -2.46. The molecule has 3 amide bonds. The van der Waals surface area contributed by atoms with Crippen LogP contribution < -0.4 is 5.32 Å². The Morgan fingerprint density at radius 3 is 2.57 bits per heavy atom. The van der Waals surface area contributed by atoms with Crippen LogP contribution in [0.5, 0.6) is 0 Å². The summed E-state index contributed by atoms with van der Waals surface area (Å²) in [6.45, 7) is 2.02. The minimum absolute atomic E-state index is 0.0559. The number of rotatable bonds is 5. The van der Waals surface area contributed by atoms with E-state index in [4.69, 9.17) is 0 Å². The summed E-state index contributed by atoms with van der Waals surface area (Å²) >= 11 is 0. The molecule has 2 aliphatic heterocycles. The summed E-state index contributed by atoms with van der Waals surface area (Å²) in [6.07, 6.45) is 9.30. The molecule has 0 bridgehead atoms. The fourth-order valence-corrected chi connectivity index (χ4v) is 4.55. The third-order valence-corrected chi connectivity index (χ3v) is 6.18. The van der Waals surface area contributed by atoms with E-state index >= 15 is 0 Å². The first kappa shape index (κ1) is 20.4. The summed E-state index contributed by atoms with van der Waals surface area (Å²) in [4.78, 5) is 33.7. The van der Waals surface area contributed by atoms with Crippen molar-refractivity contribution in [3.8, 4) is 0 Å². The van der Waals surface area contributed by atoms with Gasteiger partial charge in [-0.05, 0) is 42.5 Å². The van der Waals surface area contributed by atoms with Gasteiger partial charge in [-0.2, -0.15) is 0 Å². The highest BCUT2D eigenvalue weighted by molar-refractivity contribution is 5.78. The number of nitrogens with zero attached hydrogens (tertiary/aromatic N) is 3. The monoisotopic (exact) mass is 406 g/mol. The molecular formula is C24H30N4O2. The number of carbonyl (C=O) groups excluding carboxylic acids is 2. The fourth-order valence-electron chi connectivity index (χ4n) is 4.55. The molecule has 1 aromatic carbocycles. The van der Waals surface area contributed by atoms with Gasteiger partial charge in [-0.25, -0.2) is 4.79 Å². The number of benzene rings is 1. The quantitative estimate of drug-likeness (QED) is 0.814. The van der Waals surface area contributed by atoms with Crippen molar-refractivity contribution >= 4 is 11.9 Å². The summed E-state index contributed by atoms with van der Waals surface area (Å²) in [5, 5.41) is 3.26. The van der Waals surface area contributed by atoms with E-state index in [-0.39, 0.29) is 24.0 Å². The van der Waals surface area contributed by atoms with E-state index in [1.54, 1.807) is 12.4 Å². The Balaban J connectivity index is 1.54. The summed E-state index contributed by atoms with van der Waals surface area (Å²) in [5.74, 6) is 0.176. The Morgan fingerprint density at radius 2 is 1.83 bits per heavy atom. The first-order valence-electron chi connectivity index (χ1n) is 11.0. The molecule has 2 unspecified atom stereocenters. The lowest BCUT2D eigenvalue weighted by atomic mass is 10.0. The van der Waals surface area contributed by atoms with Crippen LogP contribution in [-0.2, 0) is 4.79 Å². The number of hydrogen-bond donors (Lipinski definition) is 1. The van der Waals surface area contributed by atoms with Gasteiger partial charge in [-0.15, -0.1) is 0 Å². The van der Waals surface area contributed by atoms with Crippen LogP contribution >= 0.6 is 0 Å². The normalized spacial score (nSPS) is 20.7. The van der Waals surface area contributed by atoms with E-state index in [2.05, 4.69) is 10.3 Å². The molecule has 0 saturated carbocycles. The maximum atomic E-state index is 13.5. The van der Waals surface area contributed by atoms with Crippen molar-refractivity contribution in [3.05, 3.63) is 66.0 Å². The highest BCUT2D eigenvalue weighted by Crippen LogP contribution is 2.30. The number of nitrogens with one attached hydrogen (secondary N) is 1. The van der Waals surface area contributed by atoms with Gasteiger partial charge in [0, 0.05) is 38.4 Å². The molecule has 0 spiro atoms. The largest absolute Gasteiger partial charge is 0.340 e. The molecule has 0 aliphatic carbocycles. The van der Waals surface area contributed by atoms with Crippen LogP contribution in [0.4, 0.5) is 4.79 Å². The maximum Gasteiger partial charge on any atom is 0.318 e. The standard InChI is InChI=1S/C24H30N4O2/c29-23-11-7-16-27(23)18-21(19-8-3-1-4-9-19)26-24(30)28-17-6-2-5-10-22(28)20-12-14-25-15-13-20/h1,3-4,8-9,12-15,21-22H,2,5-7,10-11,16-18H2,(H,26,30). The van der Waals surface area contributed by atoms with Crippen molar-refractivity contribution in [1.29, 1.82) is 0 Å². The van der Waals surface area contributed by atoms with Gasteiger partial charge < -0.3 is 15.1 Å². The molecule has 30 heavy (non-hydrogen) atoms. The van der Waals surface area contributed by atoms with E-state index in [1.807, 2.05) is 52.3 Å². The van der Waals surface area contributed by atoms with Gasteiger partial charge in [0.2, 0.25) is 5.91 Å². The van der Waals surface area contributed by atoms with Crippen LogP contribution in [0.2, 0.25) is 0 Å². The minimum atomic E-state index is -0.220. The molecule has 6 nitrogen and oxygen atoms in total. The van der Waals surface area contributed by atoms with E-state index in [0.717, 1.165) is 56.3 Å². The van der Waals surface area contributed by atoms with Crippen LogP contribution in [0, 0.1) is 0 Å². The molecule has 2 aromatic rings. The molecule has 6 heteroatoms. The first-order chi connectivity index (χ1) is 14.7. The van der Waals surface area contributed by atoms with E-state index in [0.29, 0.717) is 13.0 Å². The van der Waals surface area contributed by atoms with Crippen LogP contribution in [0.15, 0.2) is 54.9 Å². The fraction of sp³-hybridized carbons (Fsp3) is 0.458. The van der Waals surface area contributed by atoms with Gasteiger partial charge in [0.1, 0.15) is 0 Å². The lowest BCUT2D eigenvalue weighted by molar-refractivity contribution is -0.128. The van der Waals surface area contributed by atoms with Crippen molar-refractivity contribution in [1.82, 2.24) is 20.1 Å². The number of pyridine rings is 1. The molecule has 1 aromatic heterocycles. The number of aromatic nitrogens is 1.